The average molecular weight is 1010 g/mol. The van der Waals surface area contributed by atoms with Crippen LogP contribution in [0.1, 0.15) is 70.3 Å². The summed E-state index contributed by atoms with van der Waals surface area (Å²) in [5.74, 6) is -0.264. The fourth-order valence-electron chi connectivity index (χ4n) is 10.4. The van der Waals surface area contributed by atoms with Gasteiger partial charge in [-0.1, -0.05) is 48.0 Å². The number of aryl methyl sites for hydroxylation is 2. The number of ether oxygens (including phenoxy) is 1. The number of nitrogens with zero attached hydrogens (tertiary/aromatic N) is 7. The van der Waals surface area contributed by atoms with Crippen molar-refractivity contribution in [2.24, 2.45) is 5.92 Å². The zero-order valence-electron chi connectivity index (χ0n) is 39.6. The molecular formula is C53H55ClF3N9O6. The number of H-pyrrole nitrogens is 1. The van der Waals surface area contributed by atoms with Crippen molar-refractivity contribution in [2.45, 2.75) is 70.1 Å². The number of carbonyl (C=O) groups is 4. The third-order valence-electron chi connectivity index (χ3n) is 14.5. The van der Waals surface area contributed by atoms with Crippen molar-refractivity contribution >= 4 is 52.0 Å². The van der Waals surface area contributed by atoms with E-state index in [0.717, 1.165) is 106 Å². The summed E-state index contributed by atoms with van der Waals surface area (Å²) in [5, 5.41) is 19.0. The van der Waals surface area contributed by atoms with E-state index in [1.807, 2.05) is 41.3 Å². The molecule has 4 aromatic carbocycles. The number of halogens is 4. The third-order valence-corrected chi connectivity index (χ3v) is 14.7. The number of aromatic amines is 1. The van der Waals surface area contributed by atoms with Gasteiger partial charge in [0.2, 0.25) is 29.5 Å². The van der Waals surface area contributed by atoms with E-state index >= 15 is 0 Å². The van der Waals surface area contributed by atoms with Crippen LogP contribution in [-0.2, 0) is 51.1 Å². The highest BCUT2D eigenvalue weighted by Gasteiger charge is 2.39. The highest BCUT2D eigenvalue weighted by atomic mass is 35.5. The normalized spacial score (nSPS) is 18.1. The Labute approximate surface area is 418 Å². The van der Waals surface area contributed by atoms with Crippen LogP contribution in [0.3, 0.4) is 0 Å². The lowest BCUT2D eigenvalue weighted by Crippen LogP contribution is -2.52. The summed E-state index contributed by atoms with van der Waals surface area (Å²) in [6.45, 7) is 6.90. The van der Waals surface area contributed by atoms with Gasteiger partial charge in [0.15, 0.2) is 0 Å². The third kappa shape index (κ3) is 10.7. The van der Waals surface area contributed by atoms with Crippen molar-refractivity contribution in [1.82, 2.24) is 39.8 Å². The van der Waals surface area contributed by atoms with Gasteiger partial charge < -0.3 is 29.5 Å². The minimum Gasteiger partial charge on any atom is -0.493 e. The van der Waals surface area contributed by atoms with E-state index in [4.69, 9.17) is 16.3 Å². The van der Waals surface area contributed by atoms with Crippen LogP contribution in [-0.4, -0.2) is 128 Å². The first kappa shape index (κ1) is 48.8. The number of alkyl halides is 3. The first-order chi connectivity index (χ1) is 34.7. The molecule has 0 spiro atoms. The summed E-state index contributed by atoms with van der Waals surface area (Å²) in [6, 6.07) is 23.3. The van der Waals surface area contributed by atoms with Crippen molar-refractivity contribution < 1.29 is 42.2 Å². The van der Waals surface area contributed by atoms with Gasteiger partial charge in [-0.15, -0.1) is 0 Å². The van der Waals surface area contributed by atoms with E-state index in [1.165, 1.54) is 16.8 Å². The van der Waals surface area contributed by atoms with Crippen LogP contribution in [0.5, 0.6) is 5.88 Å². The Morgan fingerprint density at radius 2 is 1.58 bits per heavy atom. The predicted octanol–water partition coefficient (Wildman–Crippen LogP) is 7.35. The molecule has 6 aromatic rings. The molecule has 1 atom stereocenters. The zero-order valence-corrected chi connectivity index (χ0v) is 40.4. The second-order valence-corrected chi connectivity index (χ2v) is 19.6. The van der Waals surface area contributed by atoms with Crippen molar-refractivity contribution in [3.63, 3.8) is 0 Å². The summed E-state index contributed by atoms with van der Waals surface area (Å²) in [4.78, 5) is 66.4. The minimum absolute atomic E-state index is 0.0169. The van der Waals surface area contributed by atoms with Crippen molar-refractivity contribution in [1.29, 1.82) is 0 Å². The van der Waals surface area contributed by atoms with Gasteiger partial charge in [0.1, 0.15) is 18.3 Å². The molecule has 3 N–H and O–H groups in total. The number of hydrogen-bond donors (Lipinski definition) is 3. The number of likely N-dealkylation sites (tertiary alicyclic amines) is 1. The van der Waals surface area contributed by atoms with E-state index in [-0.39, 0.29) is 42.6 Å². The van der Waals surface area contributed by atoms with Gasteiger partial charge in [-0.05, 0) is 116 Å². The number of anilines is 1. The van der Waals surface area contributed by atoms with Gasteiger partial charge in [0.05, 0.1) is 16.6 Å². The van der Waals surface area contributed by atoms with Crippen LogP contribution in [0.15, 0.2) is 84.9 Å². The Hall–Kier alpha value is -6.76. The first-order valence-electron chi connectivity index (χ1n) is 24.6. The maximum absolute atomic E-state index is 13.4. The highest BCUT2D eigenvalue weighted by molar-refractivity contribution is 6.31. The topological polar surface area (TPSA) is 169 Å². The molecule has 3 saturated heterocycles. The molecule has 0 saturated carbocycles. The molecule has 0 bridgehead atoms. The first-order valence-corrected chi connectivity index (χ1v) is 24.9. The summed E-state index contributed by atoms with van der Waals surface area (Å²) >= 11 is 6.16. The number of benzene rings is 4. The number of fused-ring (bicyclic) bond motifs is 2. The number of rotatable bonds is 15. The number of imide groups is 1. The maximum atomic E-state index is 13.4. The number of piperazine rings is 1. The zero-order chi connectivity index (χ0) is 50.1. The van der Waals surface area contributed by atoms with E-state index < -0.39 is 23.7 Å². The maximum Gasteiger partial charge on any atom is 0.416 e. The fraction of sp³-hybridized carbons (Fsp3) is 0.396. The van der Waals surface area contributed by atoms with Crippen LogP contribution in [0, 0.1) is 5.92 Å². The molecule has 72 heavy (non-hydrogen) atoms. The smallest absolute Gasteiger partial charge is 0.416 e. The predicted molar refractivity (Wildman–Crippen MR) is 264 cm³/mol. The lowest BCUT2D eigenvalue weighted by atomic mass is 9.96. The van der Waals surface area contributed by atoms with E-state index in [0.29, 0.717) is 76.8 Å². The number of carbonyl (C=O) groups excluding carboxylic acids is 4. The SMILES string of the molecule is O=C1CCC(N2Cc3cc(N4CCN(CC5CCN(C(=O)COCCCc6ccc(CCc7c(-c8ccc(C(F)(F)F)cc8)nn(-c8nc9cc(Cl)ccc9[nH]8)c7O)cc6)CC5)CC4)ccc3C2=O)C(=O)N1. The molecule has 15 nitrogen and oxygen atoms in total. The summed E-state index contributed by atoms with van der Waals surface area (Å²) in [6.07, 6.45) is 0.380. The molecule has 3 fully saturated rings. The minimum atomic E-state index is -4.49. The van der Waals surface area contributed by atoms with Crippen molar-refractivity contribution in [3.8, 4) is 23.1 Å². The molecule has 19 heteroatoms. The second-order valence-electron chi connectivity index (χ2n) is 19.2. The highest BCUT2D eigenvalue weighted by Crippen LogP contribution is 2.36. The van der Waals surface area contributed by atoms with Gasteiger partial charge in [-0.2, -0.15) is 23.0 Å². The number of hydrogen-bond acceptors (Lipinski definition) is 10. The number of amides is 4. The Balaban J connectivity index is 0.640. The van der Waals surface area contributed by atoms with Gasteiger partial charge in [0.25, 0.3) is 5.91 Å². The molecular weight excluding hydrogens is 951 g/mol. The van der Waals surface area contributed by atoms with Crippen LogP contribution in [0.4, 0.5) is 18.9 Å². The standard InChI is InChI=1S/C53H55ClF3N9O6/c54-39-12-16-43-44(29-39)59-52(58-43)66-51(71)42(48(61-66)36-8-10-38(11-9-36)53(55,56)57)14-7-34-5-3-33(4-6-34)2-1-27-72-32-47(68)64-21-19-35(20-22-64)30-62-23-25-63(26-24-62)40-13-15-41-37(28-40)31-65(50(41)70)45-17-18-46(67)60-49(45)69/h3-6,8-13,15-16,28-29,35,45,71H,1-2,7,14,17-27,30-32H2,(H,58,59)(H,60,67,69). The molecule has 4 aliphatic rings. The Morgan fingerprint density at radius 1 is 0.847 bits per heavy atom. The molecule has 6 heterocycles. The van der Waals surface area contributed by atoms with Crippen LogP contribution < -0.4 is 10.2 Å². The van der Waals surface area contributed by atoms with Crippen LogP contribution in [0.2, 0.25) is 5.02 Å². The van der Waals surface area contributed by atoms with Gasteiger partial charge in [-0.3, -0.25) is 29.4 Å². The second kappa shape index (κ2) is 20.8. The lowest BCUT2D eigenvalue weighted by Gasteiger charge is -2.39. The Morgan fingerprint density at radius 3 is 2.31 bits per heavy atom. The molecule has 0 aliphatic carbocycles. The molecule has 376 valence electrons. The fourth-order valence-corrected chi connectivity index (χ4v) is 10.5. The molecule has 0 radical (unpaired) electrons. The molecule has 4 amide bonds. The van der Waals surface area contributed by atoms with Gasteiger partial charge in [-0.25, -0.2) is 4.98 Å². The summed E-state index contributed by atoms with van der Waals surface area (Å²) < 4.78 is 47.3. The monoisotopic (exact) mass is 1010 g/mol. The average Bonchev–Trinajstić information content (AvgIpc) is 4.05. The summed E-state index contributed by atoms with van der Waals surface area (Å²) in [5.41, 5.74) is 6.43. The number of aromatic hydroxyl groups is 1. The van der Waals surface area contributed by atoms with E-state index in [9.17, 15) is 37.5 Å². The number of nitrogens with one attached hydrogen (secondary N) is 2. The largest absolute Gasteiger partial charge is 0.493 e. The van der Waals surface area contributed by atoms with Crippen LogP contribution >= 0.6 is 11.6 Å². The summed E-state index contributed by atoms with van der Waals surface area (Å²) in [7, 11) is 0. The molecule has 2 aromatic heterocycles. The van der Waals surface area contributed by atoms with E-state index in [1.54, 1.807) is 23.1 Å². The Bertz CT molecular complexity index is 2980. The van der Waals surface area contributed by atoms with Crippen LogP contribution in [0.25, 0.3) is 28.2 Å². The quantitative estimate of drug-likeness (QED) is 0.0699. The lowest BCUT2D eigenvalue weighted by molar-refractivity contribution is -0.138. The van der Waals surface area contributed by atoms with Crippen molar-refractivity contribution in [3.05, 3.63) is 123 Å². The molecule has 10 rings (SSSR count). The number of piperidine rings is 2. The molecule has 1 unspecified atom stereocenters. The van der Waals surface area contributed by atoms with Crippen molar-refractivity contribution in [2.75, 3.05) is 63.9 Å². The number of aromatic nitrogens is 4. The Kier molecular flexibility index (Phi) is 14.1. The van der Waals surface area contributed by atoms with E-state index in [2.05, 4.69) is 36.2 Å². The number of imidazole rings is 1. The van der Waals surface area contributed by atoms with Gasteiger partial charge in [0, 0.05) is 92.8 Å². The van der Waals surface area contributed by atoms with Gasteiger partial charge >= 0.3 is 6.18 Å². The molecule has 4 aliphatic heterocycles.